The number of hydrogen-bond acceptors (Lipinski definition) is 4. The molecule has 0 aliphatic heterocycles. The van der Waals surface area contributed by atoms with Crippen LogP contribution in [0.3, 0.4) is 0 Å². The summed E-state index contributed by atoms with van der Waals surface area (Å²) in [6.45, 7) is 0. The summed E-state index contributed by atoms with van der Waals surface area (Å²) >= 11 is 0. The van der Waals surface area contributed by atoms with E-state index in [4.69, 9.17) is 19.4 Å². The lowest BCUT2D eigenvalue weighted by Gasteiger charge is -2.13. The molecule has 4 nitrogen and oxygen atoms in total. The molecule has 0 amide bonds. The molecule has 0 fully saturated rings. The molecule has 59 heavy (non-hydrogen) atoms. The van der Waals surface area contributed by atoms with Gasteiger partial charge in [0.15, 0.2) is 11.4 Å². The lowest BCUT2D eigenvalue weighted by atomic mass is 9.92. The SMILES string of the molecule is c1ccc(-c2nc(-c3ccc(-c4ccc5c6ccccc6c6ccccc6c5c4)cc3)cc(-c3ccc(-c4nc5c6ccccc6oc5c5ccccc45)cc3)n2)cc1. The van der Waals surface area contributed by atoms with Crippen molar-refractivity contribution < 1.29 is 4.42 Å². The Morgan fingerprint density at radius 3 is 1.41 bits per heavy atom. The Morgan fingerprint density at radius 1 is 0.288 bits per heavy atom. The maximum Gasteiger partial charge on any atom is 0.161 e. The number of benzene rings is 9. The minimum Gasteiger partial charge on any atom is -0.454 e. The van der Waals surface area contributed by atoms with E-state index in [0.29, 0.717) is 5.82 Å². The van der Waals surface area contributed by atoms with Gasteiger partial charge in [0.25, 0.3) is 0 Å². The summed E-state index contributed by atoms with van der Waals surface area (Å²) in [7, 11) is 0. The first-order chi connectivity index (χ1) is 29.2. The average Bonchev–Trinajstić information content (AvgIpc) is 3.70. The van der Waals surface area contributed by atoms with E-state index in [1.54, 1.807) is 0 Å². The number of pyridine rings is 1. The molecule has 0 spiro atoms. The second kappa shape index (κ2) is 13.3. The zero-order valence-corrected chi connectivity index (χ0v) is 31.8. The van der Waals surface area contributed by atoms with Gasteiger partial charge >= 0.3 is 0 Å². The van der Waals surface area contributed by atoms with Gasteiger partial charge in [0.1, 0.15) is 11.1 Å². The van der Waals surface area contributed by atoms with E-state index in [2.05, 4.69) is 164 Å². The molecule has 12 aromatic rings. The second-order valence-electron chi connectivity index (χ2n) is 15.1. The highest BCUT2D eigenvalue weighted by molar-refractivity contribution is 6.25. The van der Waals surface area contributed by atoms with Gasteiger partial charge in [-0.1, -0.05) is 176 Å². The predicted octanol–water partition coefficient (Wildman–Crippen LogP) is 14.7. The van der Waals surface area contributed by atoms with Crippen molar-refractivity contribution in [1.29, 1.82) is 0 Å². The maximum absolute atomic E-state index is 6.32. The highest BCUT2D eigenvalue weighted by Crippen LogP contribution is 2.40. The molecular formula is C55H33N3O. The summed E-state index contributed by atoms with van der Waals surface area (Å²) in [5, 5.41) is 10.8. The van der Waals surface area contributed by atoms with Crippen LogP contribution in [-0.4, -0.2) is 15.0 Å². The van der Waals surface area contributed by atoms with Gasteiger partial charge in [-0.25, -0.2) is 15.0 Å². The molecule has 3 heterocycles. The van der Waals surface area contributed by atoms with Crippen LogP contribution < -0.4 is 0 Å². The normalized spacial score (nSPS) is 11.7. The standard InChI is InChI=1S/C55H33N3O/c1-2-12-38(13-3-1)55-56-49(35-24-22-34(23-25-35)39-30-31-44-42-16-5-4-14-40(42)41-15-6-7-17-43(41)48(44)32-39)33-50(57-55)36-26-28-37(29-27-36)52-45-18-8-9-19-46(45)54-53(58-52)47-20-10-11-21-51(47)59-54/h1-33H. The summed E-state index contributed by atoms with van der Waals surface area (Å²) in [5.74, 6) is 0.685. The molecule has 0 bridgehead atoms. The number of rotatable bonds is 5. The molecule has 9 aromatic carbocycles. The number of furan rings is 1. The fourth-order valence-corrected chi connectivity index (χ4v) is 8.78. The summed E-state index contributed by atoms with van der Waals surface area (Å²) in [6.07, 6.45) is 0. The Balaban J connectivity index is 0.936. The van der Waals surface area contributed by atoms with E-state index >= 15 is 0 Å². The first kappa shape index (κ1) is 33.2. The molecule has 0 unspecified atom stereocenters. The Morgan fingerprint density at radius 2 is 0.763 bits per heavy atom. The van der Waals surface area contributed by atoms with Gasteiger partial charge in [-0.05, 0) is 67.7 Å². The average molecular weight is 752 g/mol. The molecule has 274 valence electrons. The van der Waals surface area contributed by atoms with Crippen molar-refractivity contribution >= 4 is 65.2 Å². The fraction of sp³-hybridized carbons (Fsp3) is 0. The number of hydrogen-bond donors (Lipinski definition) is 0. The van der Waals surface area contributed by atoms with Crippen molar-refractivity contribution in [2.24, 2.45) is 0 Å². The van der Waals surface area contributed by atoms with Crippen molar-refractivity contribution in [2.75, 3.05) is 0 Å². The Kier molecular flexibility index (Phi) is 7.50. The van der Waals surface area contributed by atoms with E-state index in [1.807, 2.05) is 36.4 Å². The van der Waals surface area contributed by atoms with Crippen molar-refractivity contribution in [1.82, 2.24) is 15.0 Å². The van der Waals surface area contributed by atoms with Crippen LogP contribution in [0.25, 0.3) is 121 Å². The van der Waals surface area contributed by atoms with Crippen LogP contribution in [0.1, 0.15) is 0 Å². The summed E-state index contributed by atoms with van der Waals surface area (Å²) in [4.78, 5) is 15.5. The highest BCUT2D eigenvalue weighted by atomic mass is 16.3. The quantitative estimate of drug-likeness (QED) is 0.164. The van der Waals surface area contributed by atoms with Crippen molar-refractivity contribution in [3.63, 3.8) is 0 Å². The van der Waals surface area contributed by atoms with Crippen molar-refractivity contribution in [2.45, 2.75) is 0 Å². The minimum atomic E-state index is 0.685. The summed E-state index contributed by atoms with van der Waals surface area (Å²) < 4.78 is 6.32. The van der Waals surface area contributed by atoms with E-state index in [9.17, 15) is 0 Å². The number of para-hydroxylation sites is 1. The molecule has 0 aliphatic carbocycles. The lowest BCUT2D eigenvalue weighted by Crippen LogP contribution is -1.96. The van der Waals surface area contributed by atoms with Crippen LogP contribution in [0.15, 0.2) is 205 Å². The van der Waals surface area contributed by atoms with E-state index in [1.165, 1.54) is 37.9 Å². The zero-order valence-electron chi connectivity index (χ0n) is 31.8. The van der Waals surface area contributed by atoms with Crippen LogP contribution in [0.5, 0.6) is 0 Å². The van der Waals surface area contributed by atoms with Crippen LogP contribution in [0.4, 0.5) is 0 Å². The summed E-state index contributed by atoms with van der Waals surface area (Å²) in [5.41, 5.74) is 11.5. The molecule has 12 rings (SSSR count). The van der Waals surface area contributed by atoms with Crippen LogP contribution in [-0.2, 0) is 0 Å². The number of aromatic nitrogens is 3. The fourth-order valence-electron chi connectivity index (χ4n) is 8.78. The molecule has 4 heteroatoms. The van der Waals surface area contributed by atoms with Crippen molar-refractivity contribution in [3.05, 3.63) is 200 Å². The van der Waals surface area contributed by atoms with Gasteiger partial charge < -0.3 is 4.42 Å². The lowest BCUT2D eigenvalue weighted by molar-refractivity contribution is 0.672. The van der Waals surface area contributed by atoms with Gasteiger partial charge in [0.05, 0.1) is 17.1 Å². The third-order valence-corrected chi connectivity index (χ3v) is 11.7. The largest absolute Gasteiger partial charge is 0.454 e. The third-order valence-electron chi connectivity index (χ3n) is 11.7. The Labute approximate surface area is 339 Å². The topological polar surface area (TPSA) is 51.8 Å². The molecule has 0 saturated carbocycles. The van der Waals surface area contributed by atoms with Crippen molar-refractivity contribution in [3.8, 4) is 56.3 Å². The second-order valence-corrected chi connectivity index (χ2v) is 15.1. The summed E-state index contributed by atoms with van der Waals surface area (Å²) in [6, 6.07) is 70.4. The first-order valence-corrected chi connectivity index (χ1v) is 19.9. The molecule has 0 saturated heterocycles. The van der Waals surface area contributed by atoms with Gasteiger partial charge in [-0.15, -0.1) is 0 Å². The van der Waals surface area contributed by atoms with Gasteiger partial charge in [0.2, 0.25) is 0 Å². The van der Waals surface area contributed by atoms with Crippen LogP contribution >= 0.6 is 0 Å². The first-order valence-electron chi connectivity index (χ1n) is 19.9. The van der Waals surface area contributed by atoms with E-state index < -0.39 is 0 Å². The number of fused-ring (bicyclic) bond motifs is 11. The Hall–Kier alpha value is -7.95. The molecule has 0 atom stereocenters. The van der Waals surface area contributed by atoms with Gasteiger partial charge in [-0.3, -0.25) is 0 Å². The van der Waals surface area contributed by atoms with Crippen LogP contribution in [0, 0.1) is 0 Å². The highest BCUT2D eigenvalue weighted by Gasteiger charge is 2.17. The van der Waals surface area contributed by atoms with E-state index in [0.717, 1.165) is 77.7 Å². The molecular weight excluding hydrogens is 719 g/mol. The smallest absolute Gasteiger partial charge is 0.161 e. The Bertz CT molecular complexity index is 3560. The minimum absolute atomic E-state index is 0.685. The maximum atomic E-state index is 6.32. The monoisotopic (exact) mass is 751 g/mol. The van der Waals surface area contributed by atoms with Crippen LogP contribution in [0.2, 0.25) is 0 Å². The zero-order chi connectivity index (χ0) is 38.9. The molecule has 0 aliphatic rings. The molecule has 0 radical (unpaired) electrons. The molecule has 3 aromatic heterocycles. The predicted molar refractivity (Wildman–Crippen MR) is 244 cm³/mol. The van der Waals surface area contributed by atoms with Gasteiger partial charge in [0, 0.05) is 38.4 Å². The molecule has 0 N–H and O–H groups in total. The third kappa shape index (κ3) is 5.49. The van der Waals surface area contributed by atoms with E-state index in [-0.39, 0.29) is 0 Å². The number of nitrogens with zero attached hydrogens (tertiary/aromatic N) is 3. The van der Waals surface area contributed by atoms with Gasteiger partial charge in [-0.2, -0.15) is 0 Å².